The number of piperidine rings is 1. The SMILES string of the molecule is Cc1cccc(C(=O)N(C)CC(CCN2CCC3(CC2)CN(S(C)=O)c2ccc(Cl)cc23)c2ccc(Cl)c(Cl)c2)c1. The Morgan fingerprint density at radius 3 is 2.46 bits per heavy atom. The predicted octanol–water partition coefficient (Wildman–Crippen LogP) is 7.35. The molecule has 1 saturated heterocycles. The van der Waals surface area contributed by atoms with E-state index in [0.717, 1.165) is 67.3 Å². The van der Waals surface area contributed by atoms with Crippen LogP contribution in [0.1, 0.15) is 52.2 Å². The summed E-state index contributed by atoms with van der Waals surface area (Å²) >= 11 is 19.1. The number of carbonyl (C=O) groups is 1. The molecule has 1 amide bonds. The second kappa shape index (κ2) is 12.6. The topological polar surface area (TPSA) is 43.9 Å². The number of hydrogen-bond donors (Lipinski definition) is 0. The Morgan fingerprint density at radius 1 is 1.02 bits per heavy atom. The normalized spacial score (nSPS) is 17.9. The third-order valence-electron chi connectivity index (χ3n) is 8.68. The van der Waals surface area contributed by atoms with Crippen molar-refractivity contribution in [3.8, 4) is 0 Å². The van der Waals surface area contributed by atoms with Crippen LogP contribution in [0.4, 0.5) is 5.69 Å². The fraction of sp³-hybridized carbons (Fsp3) is 0.406. The largest absolute Gasteiger partial charge is 0.341 e. The van der Waals surface area contributed by atoms with Crippen LogP contribution in [0.2, 0.25) is 15.1 Å². The van der Waals surface area contributed by atoms with E-state index >= 15 is 0 Å². The molecule has 0 N–H and O–H groups in total. The van der Waals surface area contributed by atoms with E-state index in [-0.39, 0.29) is 17.2 Å². The molecule has 218 valence electrons. The molecule has 3 aromatic carbocycles. The maximum atomic E-state index is 13.3. The van der Waals surface area contributed by atoms with Gasteiger partial charge in [-0.15, -0.1) is 0 Å². The summed E-state index contributed by atoms with van der Waals surface area (Å²) in [6, 6.07) is 19.5. The fourth-order valence-corrected chi connectivity index (χ4v) is 7.68. The Labute approximate surface area is 261 Å². The van der Waals surface area contributed by atoms with Crippen LogP contribution >= 0.6 is 34.8 Å². The van der Waals surface area contributed by atoms with E-state index in [1.807, 2.05) is 77.8 Å². The van der Waals surface area contributed by atoms with Crippen molar-refractivity contribution in [3.05, 3.63) is 98.0 Å². The monoisotopic (exact) mass is 631 g/mol. The van der Waals surface area contributed by atoms with Crippen LogP contribution in [0, 0.1) is 6.92 Å². The number of benzene rings is 3. The van der Waals surface area contributed by atoms with Crippen LogP contribution in [0.5, 0.6) is 0 Å². The van der Waals surface area contributed by atoms with Gasteiger partial charge in [-0.2, -0.15) is 0 Å². The van der Waals surface area contributed by atoms with Crippen molar-refractivity contribution in [2.24, 2.45) is 0 Å². The van der Waals surface area contributed by atoms with Crippen molar-refractivity contribution < 1.29 is 9.00 Å². The molecule has 2 aliphatic heterocycles. The zero-order valence-corrected chi connectivity index (χ0v) is 26.8. The Hall–Kier alpha value is -2.09. The highest BCUT2D eigenvalue weighted by atomic mass is 35.5. The predicted molar refractivity (Wildman–Crippen MR) is 172 cm³/mol. The van der Waals surface area contributed by atoms with Gasteiger partial charge >= 0.3 is 0 Å². The van der Waals surface area contributed by atoms with Gasteiger partial charge in [0.1, 0.15) is 11.0 Å². The van der Waals surface area contributed by atoms with Crippen LogP contribution in [0.25, 0.3) is 0 Å². The Morgan fingerprint density at radius 2 is 1.78 bits per heavy atom. The van der Waals surface area contributed by atoms with Crippen molar-refractivity contribution in [1.29, 1.82) is 0 Å². The highest BCUT2D eigenvalue weighted by Crippen LogP contribution is 2.48. The Balaban J connectivity index is 1.28. The molecule has 0 bridgehead atoms. The number of halogens is 3. The second-order valence-electron chi connectivity index (χ2n) is 11.5. The maximum Gasteiger partial charge on any atom is 0.253 e. The fourth-order valence-electron chi connectivity index (χ4n) is 6.34. The zero-order chi connectivity index (χ0) is 29.3. The minimum absolute atomic E-state index is 0.00935. The Kier molecular flexibility index (Phi) is 9.37. The molecule has 1 spiro atoms. The maximum absolute atomic E-state index is 13.3. The number of carbonyl (C=O) groups excluding carboxylic acids is 1. The minimum atomic E-state index is -1.08. The molecule has 3 aromatic rings. The summed E-state index contributed by atoms with van der Waals surface area (Å²) in [4.78, 5) is 17.6. The van der Waals surface area contributed by atoms with Gasteiger partial charge in [-0.25, -0.2) is 4.21 Å². The molecule has 2 unspecified atom stereocenters. The summed E-state index contributed by atoms with van der Waals surface area (Å²) in [5.41, 5.74) is 5.08. The molecule has 0 aliphatic carbocycles. The zero-order valence-electron chi connectivity index (χ0n) is 23.7. The van der Waals surface area contributed by atoms with Gasteiger partial charge < -0.3 is 9.80 Å². The number of fused-ring (bicyclic) bond motifs is 2. The molecule has 5 rings (SSSR count). The van der Waals surface area contributed by atoms with Gasteiger partial charge in [0, 0.05) is 48.3 Å². The molecule has 1 fully saturated rings. The molecule has 41 heavy (non-hydrogen) atoms. The highest BCUT2D eigenvalue weighted by Gasteiger charge is 2.45. The van der Waals surface area contributed by atoms with Crippen molar-refractivity contribution in [1.82, 2.24) is 9.80 Å². The average molecular weight is 633 g/mol. The van der Waals surface area contributed by atoms with Crippen LogP contribution in [0.3, 0.4) is 0 Å². The number of rotatable bonds is 8. The number of aryl methyl sites for hydroxylation is 1. The van der Waals surface area contributed by atoms with Gasteiger partial charge in [-0.05, 0) is 99.4 Å². The third-order valence-corrected chi connectivity index (χ3v) is 10.6. The quantitative estimate of drug-likeness (QED) is 0.261. The number of anilines is 1. The molecule has 2 heterocycles. The number of hydrogen-bond acceptors (Lipinski definition) is 3. The van der Waals surface area contributed by atoms with Gasteiger partial charge in [-0.3, -0.25) is 9.10 Å². The van der Waals surface area contributed by atoms with Crippen molar-refractivity contribution >= 4 is 57.4 Å². The number of likely N-dealkylation sites (tertiary alicyclic amines) is 1. The third kappa shape index (κ3) is 6.62. The summed E-state index contributed by atoms with van der Waals surface area (Å²) < 4.78 is 14.5. The number of likely N-dealkylation sites (N-methyl/N-ethyl adjacent to an activating group) is 1. The summed E-state index contributed by atoms with van der Waals surface area (Å²) in [5.74, 6) is 0.110. The summed E-state index contributed by atoms with van der Waals surface area (Å²) in [6.45, 7) is 6.13. The van der Waals surface area contributed by atoms with Crippen molar-refractivity contribution in [3.63, 3.8) is 0 Å². The van der Waals surface area contributed by atoms with E-state index in [1.54, 1.807) is 6.26 Å². The molecular formula is C32H36Cl3N3O2S. The lowest BCUT2D eigenvalue weighted by molar-refractivity contribution is 0.0780. The highest BCUT2D eigenvalue weighted by molar-refractivity contribution is 7.85. The molecule has 0 saturated carbocycles. The smallest absolute Gasteiger partial charge is 0.253 e. The number of nitrogens with zero attached hydrogens (tertiary/aromatic N) is 3. The summed E-state index contributed by atoms with van der Waals surface area (Å²) in [7, 11) is 0.786. The van der Waals surface area contributed by atoms with Gasteiger partial charge in [0.25, 0.3) is 5.91 Å². The molecule has 5 nitrogen and oxygen atoms in total. The van der Waals surface area contributed by atoms with Crippen molar-refractivity contribution in [2.45, 2.75) is 37.5 Å². The average Bonchev–Trinajstić information content (AvgIpc) is 3.26. The van der Waals surface area contributed by atoms with Crippen LogP contribution < -0.4 is 4.31 Å². The minimum Gasteiger partial charge on any atom is -0.341 e. The first-order valence-electron chi connectivity index (χ1n) is 14.0. The molecule has 0 aromatic heterocycles. The van der Waals surface area contributed by atoms with E-state index < -0.39 is 11.0 Å². The molecule has 0 radical (unpaired) electrons. The van der Waals surface area contributed by atoms with Gasteiger partial charge in [-0.1, -0.05) is 58.6 Å². The molecule has 2 atom stereocenters. The lowest BCUT2D eigenvalue weighted by Crippen LogP contribution is -2.46. The van der Waals surface area contributed by atoms with Crippen LogP contribution in [-0.4, -0.2) is 65.9 Å². The lowest BCUT2D eigenvalue weighted by atomic mass is 9.74. The first kappa shape index (κ1) is 30.4. The lowest BCUT2D eigenvalue weighted by Gasteiger charge is -2.40. The van der Waals surface area contributed by atoms with Gasteiger partial charge in [0.05, 0.1) is 15.7 Å². The van der Waals surface area contributed by atoms with E-state index in [4.69, 9.17) is 34.8 Å². The second-order valence-corrected chi connectivity index (χ2v) is 14.0. The van der Waals surface area contributed by atoms with Gasteiger partial charge in [0.15, 0.2) is 0 Å². The van der Waals surface area contributed by atoms with Crippen LogP contribution in [0.15, 0.2) is 60.7 Å². The Bertz CT molecular complexity index is 1460. The molecular weight excluding hydrogens is 597 g/mol. The van der Waals surface area contributed by atoms with E-state index in [9.17, 15) is 9.00 Å². The summed E-state index contributed by atoms with van der Waals surface area (Å²) in [6.07, 6.45) is 4.59. The molecule has 2 aliphatic rings. The standard InChI is InChI=1S/C32H36Cl3N3O2S/c1-22-5-4-6-24(17-22)31(39)36(2)20-25(23-7-9-28(34)29(35)18-23)11-14-37-15-12-32(13-16-37)21-38(41(3)40)30-10-8-26(33)19-27(30)32/h4-10,17-19,25H,11-16,20-21H2,1-3H3. The molecule has 9 heteroatoms. The van der Waals surface area contributed by atoms with E-state index in [1.165, 1.54) is 5.56 Å². The van der Waals surface area contributed by atoms with E-state index in [2.05, 4.69) is 11.0 Å². The summed E-state index contributed by atoms with van der Waals surface area (Å²) in [5, 5.41) is 1.78. The van der Waals surface area contributed by atoms with Crippen LogP contribution in [-0.2, 0) is 16.4 Å². The first-order valence-corrected chi connectivity index (χ1v) is 16.6. The first-order chi connectivity index (χ1) is 19.6. The van der Waals surface area contributed by atoms with Gasteiger partial charge in [0.2, 0.25) is 0 Å². The van der Waals surface area contributed by atoms with E-state index in [0.29, 0.717) is 22.2 Å². The number of amides is 1. The van der Waals surface area contributed by atoms with Crippen molar-refractivity contribution in [2.75, 3.05) is 50.3 Å².